The van der Waals surface area contributed by atoms with Crippen molar-refractivity contribution in [2.45, 2.75) is 41.5 Å². The van der Waals surface area contributed by atoms with E-state index in [-0.39, 0.29) is 10.8 Å². The van der Waals surface area contributed by atoms with Crippen LogP contribution in [-0.4, -0.2) is 11.6 Å². The first-order valence-electron chi connectivity index (χ1n) is 5.31. The van der Waals surface area contributed by atoms with Gasteiger partial charge in [-0.15, -0.1) is 10.2 Å². The van der Waals surface area contributed by atoms with E-state index in [0.717, 1.165) is 5.71 Å². The van der Waals surface area contributed by atoms with E-state index in [4.69, 9.17) is 0 Å². The van der Waals surface area contributed by atoms with Crippen LogP contribution in [0.15, 0.2) is 27.9 Å². The lowest BCUT2D eigenvalue weighted by Gasteiger charge is -2.30. The van der Waals surface area contributed by atoms with Crippen LogP contribution in [0.1, 0.15) is 41.5 Å². The van der Waals surface area contributed by atoms with Gasteiger partial charge in [-0.3, -0.25) is 0 Å². The molecule has 0 fully saturated rings. The SMILES string of the molecule is CC(C)(C)C1=CC=C=NN=C1C(C)(C)C. The topological polar surface area (TPSA) is 24.7 Å². The second kappa shape index (κ2) is 3.79. The molecule has 2 heteroatoms. The molecule has 0 aliphatic carbocycles. The summed E-state index contributed by atoms with van der Waals surface area (Å²) in [5.74, 6) is 2.79. The highest BCUT2D eigenvalue weighted by atomic mass is 15.2. The van der Waals surface area contributed by atoms with Gasteiger partial charge in [-0.2, -0.15) is 0 Å². The largest absolute Gasteiger partial charge is 0.146 e. The van der Waals surface area contributed by atoms with Crippen LogP contribution in [0, 0.1) is 10.8 Å². The van der Waals surface area contributed by atoms with Gasteiger partial charge < -0.3 is 0 Å². The molecule has 0 amide bonds. The first kappa shape index (κ1) is 11.9. The smallest absolute Gasteiger partial charge is 0.0729 e. The summed E-state index contributed by atoms with van der Waals surface area (Å²) in [4.78, 5) is 0. The summed E-state index contributed by atoms with van der Waals surface area (Å²) in [6, 6.07) is 0. The van der Waals surface area contributed by atoms with Gasteiger partial charge in [-0.25, -0.2) is 0 Å². The van der Waals surface area contributed by atoms with Gasteiger partial charge in [-0.05, 0) is 17.1 Å². The fourth-order valence-electron chi connectivity index (χ4n) is 1.52. The van der Waals surface area contributed by atoms with Crippen molar-refractivity contribution in [3.05, 3.63) is 17.7 Å². The third kappa shape index (κ3) is 2.90. The number of nitrogens with zero attached hydrogens (tertiary/aromatic N) is 2. The van der Waals surface area contributed by atoms with Crippen molar-refractivity contribution < 1.29 is 0 Å². The van der Waals surface area contributed by atoms with Crippen LogP contribution in [0.25, 0.3) is 0 Å². The molecule has 0 aromatic heterocycles. The minimum Gasteiger partial charge on any atom is -0.146 e. The van der Waals surface area contributed by atoms with Crippen molar-refractivity contribution in [3.8, 4) is 0 Å². The minimum absolute atomic E-state index is 0.0163. The lowest BCUT2D eigenvalue weighted by atomic mass is 9.75. The number of rotatable bonds is 0. The van der Waals surface area contributed by atoms with E-state index in [1.54, 1.807) is 0 Å². The third-order valence-corrected chi connectivity index (χ3v) is 2.31. The zero-order valence-corrected chi connectivity index (χ0v) is 10.5. The molecule has 0 saturated heterocycles. The van der Waals surface area contributed by atoms with Gasteiger partial charge in [0.25, 0.3) is 0 Å². The molecule has 0 unspecified atom stereocenters. The Morgan fingerprint density at radius 1 is 1.00 bits per heavy atom. The maximum atomic E-state index is 4.27. The summed E-state index contributed by atoms with van der Waals surface area (Å²) in [6.07, 6.45) is 3.91. The van der Waals surface area contributed by atoms with Crippen LogP contribution in [0.2, 0.25) is 0 Å². The summed E-state index contributed by atoms with van der Waals surface area (Å²) in [6.45, 7) is 13.1. The molecular weight excluding hydrogens is 184 g/mol. The molecule has 1 aliphatic rings. The van der Waals surface area contributed by atoms with Gasteiger partial charge in [-0.1, -0.05) is 41.5 Å². The molecule has 0 bridgehead atoms. The molecule has 2 nitrogen and oxygen atoms in total. The summed E-state index contributed by atoms with van der Waals surface area (Å²) < 4.78 is 0. The van der Waals surface area contributed by atoms with E-state index in [1.165, 1.54) is 5.57 Å². The van der Waals surface area contributed by atoms with Crippen molar-refractivity contribution in [1.82, 2.24) is 0 Å². The van der Waals surface area contributed by atoms with Crippen molar-refractivity contribution in [3.63, 3.8) is 0 Å². The van der Waals surface area contributed by atoms with E-state index in [9.17, 15) is 0 Å². The van der Waals surface area contributed by atoms with Crippen LogP contribution in [0.5, 0.6) is 0 Å². The standard InChI is InChI=1S/C13H20N2/c1-12(2,3)10-8-7-9-14-15-11(10)13(4,5)6/h7-8H,1-6H3. The summed E-state index contributed by atoms with van der Waals surface area (Å²) in [5.41, 5.74) is 2.40. The molecule has 0 aromatic rings. The monoisotopic (exact) mass is 204 g/mol. The van der Waals surface area contributed by atoms with Crippen molar-refractivity contribution in [2.24, 2.45) is 21.0 Å². The first-order valence-corrected chi connectivity index (χ1v) is 5.31. The van der Waals surface area contributed by atoms with Crippen LogP contribution < -0.4 is 0 Å². The summed E-state index contributed by atoms with van der Waals surface area (Å²) >= 11 is 0. The molecule has 0 aromatic carbocycles. The Balaban J connectivity index is 3.25. The highest BCUT2D eigenvalue weighted by Crippen LogP contribution is 2.33. The van der Waals surface area contributed by atoms with Gasteiger partial charge in [0.2, 0.25) is 0 Å². The highest BCUT2D eigenvalue weighted by molar-refractivity contribution is 6.05. The molecule has 1 rings (SSSR count). The molecule has 0 atom stereocenters. The molecule has 0 spiro atoms. The first-order chi connectivity index (χ1) is 6.73. The van der Waals surface area contributed by atoms with E-state index in [2.05, 4.69) is 63.7 Å². The molecule has 15 heavy (non-hydrogen) atoms. The number of hydrogen-bond donors (Lipinski definition) is 0. The van der Waals surface area contributed by atoms with E-state index >= 15 is 0 Å². The Labute approximate surface area is 92.5 Å². The van der Waals surface area contributed by atoms with Gasteiger partial charge >= 0.3 is 0 Å². The Kier molecular flexibility index (Phi) is 3.01. The predicted molar refractivity (Wildman–Crippen MR) is 66.4 cm³/mol. The highest BCUT2D eigenvalue weighted by Gasteiger charge is 2.30. The van der Waals surface area contributed by atoms with Crippen LogP contribution in [0.3, 0.4) is 0 Å². The molecule has 1 heterocycles. The summed E-state index contributed by atoms with van der Waals surface area (Å²) in [5, 5.41) is 8.19. The van der Waals surface area contributed by atoms with Gasteiger partial charge in [0.05, 0.1) is 5.71 Å². The molecule has 82 valence electrons. The van der Waals surface area contributed by atoms with Crippen LogP contribution in [0.4, 0.5) is 0 Å². The normalized spacial score (nSPS) is 17.2. The average molecular weight is 204 g/mol. The fourth-order valence-corrected chi connectivity index (χ4v) is 1.52. The van der Waals surface area contributed by atoms with Gasteiger partial charge in [0.1, 0.15) is 0 Å². The Hall–Kier alpha value is -1.14. The third-order valence-electron chi connectivity index (χ3n) is 2.31. The van der Waals surface area contributed by atoms with E-state index < -0.39 is 0 Å². The molecule has 0 saturated carbocycles. The zero-order chi connectivity index (χ0) is 11.7. The van der Waals surface area contributed by atoms with Crippen LogP contribution >= 0.6 is 0 Å². The second-order valence-corrected chi connectivity index (χ2v) is 5.92. The molecular formula is C13H20N2. The number of hydrogen-bond acceptors (Lipinski definition) is 2. The fraction of sp³-hybridized carbons (Fsp3) is 0.615. The maximum absolute atomic E-state index is 4.27. The Morgan fingerprint density at radius 2 is 1.60 bits per heavy atom. The molecule has 0 N–H and O–H groups in total. The maximum Gasteiger partial charge on any atom is 0.0729 e. The lowest BCUT2D eigenvalue weighted by molar-refractivity contribution is 0.500. The number of allylic oxidation sites excluding steroid dienone is 3. The van der Waals surface area contributed by atoms with Crippen molar-refractivity contribution in [1.29, 1.82) is 0 Å². The van der Waals surface area contributed by atoms with Crippen LogP contribution in [-0.2, 0) is 0 Å². The van der Waals surface area contributed by atoms with Crippen molar-refractivity contribution in [2.75, 3.05) is 0 Å². The van der Waals surface area contributed by atoms with Gasteiger partial charge in [0.15, 0.2) is 0 Å². The predicted octanol–water partition coefficient (Wildman–Crippen LogP) is 3.60. The Morgan fingerprint density at radius 3 is 2.07 bits per heavy atom. The summed E-state index contributed by atoms with van der Waals surface area (Å²) in [7, 11) is 0. The lowest BCUT2D eigenvalue weighted by Crippen LogP contribution is -2.28. The van der Waals surface area contributed by atoms with Crippen molar-refractivity contribution >= 4 is 11.6 Å². The molecule has 0 radical (unpaired) electrons. The van der Waals surface area contributed by atoms with E-state index in [1.807, 2.05) is 6.08 Å². The Bertz CT molecular complexity index is 330. The minimum atomic E-state index is 0.0163. The van der Waals surface area contributed by atoms with E-state index in [0.29, 0.717) is 0 Å². The second-order valence-electron chi connectivity index (χ2n) is 5.92. The average Bonchev–Trinajstić information content (AvgIpc) is 2.24. The zero-order valence-electron chi connectivity index (χ0n) is 10.5. The molecule has 1 aliphatic heterocycles. The quantitative estimate of drug-likeness (QED) is 0.576. The van der Waals surface area contributed by atoms with Gasteiger partial charge in [0, 0.05) is 17.4 Å².